The number of nitrogens with one attached hydrogen (secondary N) is 1. The van der Waals surface area contributed by atoms with Crippen molar-refractivity contribution in [2.75, 3.05) is 4.72 Å². The molecule has 0 unspecified atom stereocenters. The highest BCUT2D eigenvalue weighted by molar-refractivity contribution is 7.92. The third-order valence-corrected chi connectivity index (χ3v) is 5.16. The largest absolute Gasteiger partial charge is 0.306 e. The van der Waals surface area contributed by atoms with Crippen molar-refractivity contribution in [3.05, 3.63) is 71.8 Å². The van der Waals surface area contributed by atoms with Crippen LogP contribution in [0.15, 0.2) is 66.1 Å². The summed E-state index contributed by atoms with van der Waals surface area (Å²) in [5.41, 5.74) is 2.20. The van der Waals surface area contributed by atoms with Crippen molar-refractivity contribution < 1.29 is 8.42 Å². The molecular formula is C16H14ClN3O2S. The minimum Gasteiger partial charge on any atom is -0.306 e. The van der Waals surface area contributed by atoms with Crippen LogP contribution in [0.25, 0.3) is 5.69 Å². The van der Waals surface area contributed by atoms with Gasteiger partial charge in [0.2, 0.25) is 0 Å². The van der Waals surface area contributed by atoms with Crippen LogP contribution in [0.5, 0.6) is 0 Å². The number of sulfonamides is 1. The summed E-state index contributed by atoms with van der Waals surface area (Å²) in [7, 11) is -3.67. The second-order valence-electron chi connectivity index (χ2n) is 5.03. The Kier molecular flexibility index (Phi) is 4.11. The lowest BCUT2D eigenvalue weighted by molar-refractivity contribution is 0.601. The van der Waals surface area contributed by atoms with Gasteiger partial charge >= 0.3 is 0 Å². The molecule has 0 aliphatic rings. The van der Waals surface area contributed by atoms with Gasteiger partial charge in [0.25, 0.3) is 10.0 Å². The molecule has 3 rings (SSSR count). The summed E-state index contributed by atoms with van der Waals surface area (Å²) in [4.78, 5) is 4.11. The molecule has 0 bridgehead atoms. The van der Waals surface area contributed by atoms with Crippen LogP contribution < -0.4 is 4.72 Å². The van der Waals surface area contributed by atoms with E-state index in [-0.39, 0.29) is 4.90 Å². The van der Waals surface area contributed by atoms with E-state index in [1.54, 1.807) is 30.7 Å². The minimum atomic E-state index is -3.67. The molecule has 0 fully saturated rings. The predicted octanol–water partition coefficient (Wildman–Crippen LogP) is 3.63. The van der Waals surface area contributed by atoms with Gasteiger partial charge in [-0.3, -0.25) is 4.72 Å². The number of anilines is 1. The van der Waals surface area contributed by atoms with Crippen molar-refractivity contribution in [2.45, 2.75) is 11.8 Å². The van der Waals surface area contributed by atoms with Gasteiger partial charge in [0.05, 0.1) is 11.2 Å². The fraction of sp³-hybridized carbons (Fsp3) is 0.0625. The lowest BCUT2D eigenvalue weighted by Crippen LogP contribution is -2.13. The Balaban J connectivity index is 1.84. The van der Waals surface area contributed by atoms with Crippen LogP contribution >= 0.6 is 11.6 Å². The first kappa shape index (κ1) is 15.6. The maximum absolute atomic E-state index is 12.4. The number of aryl methyl sites for hydroxylation is 1. The van der Waals surface area contributed by atoms with E-state index in [1.165, 1.54) is 12.1 Å². The van der Waals surface area contributed by atoms with Gasteiger partial charge in [0, 0.05) is 28.8 Å². The third-order valence-electron chi connectivity index (χ3n) is 3.38. The maximum Gasteiger partial charge on any atom is 0.261 e. The minimum absolute atomic E-state index is 0.131. The molecule has 5 nitrogen and oxygen atoms in total. The molecule has 0 saturated carbocycles. The van der Waals surface area contributed by atoms with Gasteiger partial charge in [-0.2, -0.15) is 0 Å². The number of hydrogen-bond acceptors (Lipinski definition) is 3. The summed E-state index contributed by atoms with van der Waals surface area (Å²) in [6.45, 7) is 1.82. The molecular weight excluding hydrogens is 334 g/mol. The maximum atomic E-state index is 12.4. The second kappa shape index (κ2) is 6.06. The van der Waals surface area contributed by atoms with Crippen LogP contribution in [-0.4, -0.2) is 18.0 Å². The van der Waals surface area contributed by atoms with Crippen LogP contribution in [0, 0.1) is 6.92 Å². The molecule has 0 spiro atoms. The van der Waals surface area contributed by atoms with E-state index >= 15 is 0 Å². The zero-order valence-electron chi connectivity index (χ0n) is 12.3. The number of benzene rings is 2. The Morgan fingerprint density at radius 3 is 2.48 bits per heavy atom. The van der Waals surface area contributed by atoms with E-state index in [4.69, 9.17) is 11.6 Å². The first-order valence-corrected chi connectivity index (χ1v) is 8.69. The van der Waals surface area contributed by atoms with Crippen molar-refractivity contribution in [1.82, 2.24) is 9.55 Å². The van der Waals surface area contributed by atoms with E-state index < -0.39 is 10.0 Å². The molecule has 2 aromatic carbocycles. The average Bonchev–Trinajstić information content (AvgIpc) is 3.04. The first-order valence-electron chi connectivity index (χ1n) is 6.83. The number of hydrogen-bond donors (Lipinski definition) is 1. The van der Waals surface area contributed by atoms with E-state index in [0.717, 1.165) is 11.3 Å². The van der Waals surface area contributed by atoms with Gasteiger partial charge in [-0.05, 0) is 48.9 Å². The molecule has 23 heavy (non-hydrogen) atoms. The normalized spacial score (nSPS) is 11.4. The molecule has 0 saturated heterocycles. The molecule has 0 aliphatic carbocycles. The SMILES string of the molecule is Cc1ccc(S(=O)(=O)Nc2ccc(-n3ccnc3)cc2)cc1Cl. The fourth-order valence-electron chi connectivity index (χ4n) is 2.07. The van der Waals surface area contributed by atoms with Crippen molar-refractivity contribution in [3.63, 3.8) is 0 Å². The summed E-state index contributed by atoms with van der Waals surface area (Å²) in [6, 6.07) is 11.7. The summed E-state index contributed by atoms with van der Waals surface area (Å²) in [5, 5.41) is 0.420. The smallest absolute Gasteiger partial charge is 0.261 e. The highest BCUT2D eigenvalue weighted by Gasteiger charge is 2.15. The van der Waals surface area contributed by atoms with Gasteiger partial charge in [-0.25, -0.2) is 13.4 Å². The highest BCUT2D eigenvalue weighted by atomic mass is 35.5. The molecule has 7 heteroatoms. The fourth-order valence-corrected chi connectivity index (χ4v) is 3.40. The molecule has 0 radical (unpaired) electrons. The van der Waals surface area contributed by atoms with Gasteiger partial charge < -0.3 is 4.57 Å². The van der Waals surface area contributed by atoms with Crippen LogP contribution in [0.3, 0.4) is 0 Å². The number of imidazole rings is 1. The lowest BCUT2D eigenvalue weighted by atomic mass is 10.2. The number of aromatic nitrogens is 2. The summed E-state index contributed by atoms with van der Waals surface area (Å²) < 4.78 is 29.2. The Labute approximate surface area is 139 Å². The van der Waals surface area contributed by atoms with Crippen molar-refractivity contribution >= 4 is 27.3 Å². The van der Waals surface area contributed by atoms with E-state index in [0.29, 0.717) is 10.7 Å². The molecule has 1 N–H and O–H groups in total. The standard InChI is InChI=1S/C16H14ClN3O2S/c1-12-2-7-15(10-16(12)17)23(21,22)19-13-3-5-14(6-4-13)20-9-8-18-11-20/h2-11,19H,1H3. The quantitative estimate of drug-likeness (QED) is 0.783. The van der Waals surface area contributed by atoms with Gasteiger partial charge in [0.15, 0.2) is 0 Å². The lowest BCUT2D eigenvalue weighted by Gasteiger charge is -2.10. The molecule has 0 amide bonds. The summed E-state index contributed by atoms with van der Waals surface area (Å²) in [5.74, 6) is 0. The average molecular weight is 348 g/mol. The highest BCUT2D eigenvalue weighted by Crippen LogP contribution is 2.22. The van der Waals surface area contributed by atoms with Crippen LogP contribution in [0.4, 0.5) is 5.69 Å². The molecule has 1 heterocycles. The van der Waals surface area contributed by atoms with E-state index in [9.17, 15) is 8.42 Å². The topological polar surface area (TPSA) is 64.0 Å². The zero-order chi connectivity index (χ0) is 16.4. The van der Waals surface area contributed by atoms with Gasteiger partial charge in [-0.1, -0.05) is 17.7 Å². The third kappa shape index (κ3) is 3.38. The van der Waals surface area contributed by atoms with Gasteiger partial charge in [-0.15, -0.1) is 0 Å². The predicted molar refractivity (Wildman–Crippen MR) is 90.6 cm³/mol. The Morgan fingerprint density at radius 2 is 1.87 bits per heavy atom. The monoisotopic (exact) mass is 347 g/mol. The molecule has 3 aromatic rings. The zero-order valence-corrected chi connectivity index (χ0v) is 13.8. The Bertz CT molecular complexity index is 920. The molecule has 118 valence electrons. The molecule has 0 aliphatic heterocycles. The van der Waals surface area contributed by atoms with Crippen molar-refractivity contribution in [2.24, 2.45) is 0 Å². The number of nitrogens with zero attached hydrogens (tertiary/aromatic N) is 2. The summed E-state index contributed by atoms with van der Waals surface area (Å²) in [6.07, 6.45) is 5.17. The second-order valence-corrected chi connectivity index (χ2v) is 7.12. The van der Waals surface area contributed by atoms with Crippen molar-refractivity contribution in [3.8, 4) is 5.69 Å². The van der Waals surface area contributed by atoms with Crippen molar-refractivity contribution in [1.29, 1.82) is 0 Å². The Morgan fingerprint density at radius 1 is 1.13 bits per heavy atom. The van der Waals surface area contributed by atoms with E-state index in [2.05, 4.69) is 9.71 Å². The van der Waals surface area contributed by atoms with E-state index in [1.807, 2.05) is 29.8 Å². The molecule has 1 aromatic heterocycles. The number of rotatable bonds is 4. The van der Waals surface area contributed by atoms with Crippen LogP contribution in [0.1, 0.15) is 5.56 Å². The first-order chi connectivity index (χ1) is 11.0. The summed E-state index contributed by atoms with van der Waals surface area (Å²) >= 11 is 6.00. The van der Waals surface area contributed by atoms with Gasteiger partial charge in [0.1, 0.15) is 0 Å². The Hall–Kier alpha value is -2.31. The number of halogens is 1. The van der Waals surface area contributed by atoms with Crippen LogP contribution in [0.2, 0.25) is 5.02 Å². The molecule has 0 atom stereocenters. The van der Waals surface area contributed by atoms with Crippen LogP contribution in [-0.2, 0) is 10.0 Å².